The number of methoxy groups -OCH3 is 2. The van der Waals surface area contributed by atoms with E-state index in [1.54, 1.807) is 21.0 Å². The van der Waals surface area contributed by atoms with Crippen LogP contribution in [0.1, 0.15) is 107 Å². The van der Waals surface area contributed by atoms with Gasteiger partial charge in [-0.25, -0.2) is 0 Å². The highest BCUT2D eigenvalue weighted by molar-refractivity contribution is 5.66. The summed E-state index contributed by atoms with van der Waals surface area (Å²) in [7, 11) is 2.98. The van der Waals surface area contributed by atoms with Gasteiger partial charge in [-0.05, 0) is 111 Å². The molecule has 0 unspecified atom stereocenters. The van der Waals surface area contributed by atoms with E-state index in [9.17, 15) is 20.1 Å². The quantitative estimate of drug-likeness (QED) is 0.221. The Morgan fingerprint density at radius 3 is 2.28 bits per heavy atom. The molecule has 47 heavy (non-hydrogen) atoms. The summed E-state index contributed by atoms with van der Waals surface area (Å²) in [4.78, 5) is 12.1. The largest absolute Gasteiger partial charge is 0.457 e. The van der Waals surface area contributed by atoms with Crippen molar-refractivity contribution in [1.29, 1.82) is 0 Å². The summed E-state index contributed by atoms with van der Waals surface area (Å²) < 4.78 is 35.1. The number of hydrogen-bond acceptors (Lipinski definition) is 10. The maximum absolute atomic E-state index is 12.5. The summed E-state index contributed by atoms with van der Waals surface area (Å²) in [6, 6.07) is 0. The molecule has 0 aromatic rings. The predicted molar refractivity (Wildman–Crippen MR) is 173 cm³/mol. The van der Waals surface area contributed by atoms with Crippen molar-refractivity contribution in [2.24, 2.45) is 50.7 Å². The van der Waals surface area contributed by atoms with Crippen molar-refractivity contribution in [3.05, 3.63) is 0 Å². The zero-order chi connectivity index (χ0) is 34.5. The van der Waals surface area contributed by atoms with E-state index in [-0.39, 0.29) is 57.7 Å². The molecule has 0 radical (unpaired) electrons. The third kappa shape index (κ3) is 5.12. The van der Waals surface area contributed by atoms with Crippen molar-refractivity contribution in [2.45, 2.75) is 156 Å². The minimum atomic E-state index is -1.27. The number of aliphatic hydroxyl groups is 3. The van der Waals surface area contributed by atoms with Crippen molar-refractivity contribution >= 4 is 5.97 Å². The first-order chi connectivity index (χ1) is 21.8. The Bertz CT molecular complexity index is 1190. The van der Waals surface area contributed by atoms with Crippen molar-refractivity contribution in [1.82, 2.24) is 0 Å². The van der Waals surface area contributed by atoms with E-state index in [2.05, 4.69) is 34.6 Å². The zero-order valence-corrected chi connectivity index (χ0v) is 30.4. The van der Waals surface area contributed by atoms with Crippen LogP contribution in [0, 0.1) is 50.7 Å². The van der Waals surface area contributed by atoms with Gasteiger partial charge in [0.25, 0.3) is 6.48 Å². The Balaban J connectivity index is 1.24. The molecule has 6 fully saturated rings. The molecule has 15 atom stereocenters. The van der Waals surface area contributed by atoms with Crippen molar-refractivity contribution in [3.63, 3.8) is 0 Å². The molecule has 0 amide bonds. The number of ether oxygens (including phenoxy) is 6. The molecule has 1 saturated heterocycles. The fraction of sp³-hybridized carbons (Fsp3) is 0.973. The van der Waals surface area contributed by atoms with Gasteiger partial charge in [0.2, 0.25) is 0 Å². The average molecular weight is 667 g/mol. The molecule has 0 aromatic heterocycles. The second kappa shape index (κ2) is 11.9. The highest BCUT2D eigenvalue weighted by Crippen LogP contribution is 2.89. The molecule has 2 spiro atoms. The van der Waals surface area contributed by atoms with Gasteiger partial charge in [0.15, 0.2) is 12.4 Å². The number of aliphatic hydroxyl groups excluding tert-OH is 2. The first-order valence-corrected chi connectivity index (χ1v) is 18.1. The molecular formula is C37H62O10. The Kier molecular flexibility index (Phi) is 9.07. The first-order valence-electron chi connectivity index (χ1n) is 18.1. The zero-order valence-electron chi connectivity index (χ0n) is 30.4. The van der Waals surface area contributed by atoms with E-state index >= 15 is 0 Å². The van der Waals surface area contributed by atoms with Gasteiger partial charge in [0.05, 0.1) is 30.0 Å². The molecule has 0 aromatic carbocycles. The van der Waals surface area contributed by atoms with E-state index in [0.717, 1.165) is 32.1 Å². The minimum absolute atomic E-state index is 0.0345. The summed E-state index contributed by atoms with van der Waals surface area (Å²) in [5.74, 6) is 0.859. The number of rotatable bonds is 10. The van der Waals surface area contributed by atoms with Crippen LogP contribution in [0.15, 0.2) is 0 Å². The van der Waals surface area contributed by atoms with Crippen LogP contribution >= 0.6 is 0 Å². The molecule has 10 heteroatoms. The standard InChI is InChI=1S/C37H62O10/c1-20-17-22(30(33(5,6)41)45-21(2)38)46-28-27(20)34(7)15-16-37-19-36(37)14-13-25(47-31(43-10)44-18-26(39)42-9)32(3,4)23(36)11-12-24(37)35(34,8)29(28)40/h20,22-31,39-41H,11-19H2,1-10H3/t20-,22-,23+,24+,25+,26-,27+,28+,29+,30+,31+,34-,35-,36-,37+/m1/s1. The lowest BCUT2D eigenvalue weighted by Gasteiger charge is -2.63. The number of fused-ring (bicyclic) bond motifs is 4. The number of hydrogen-bond donors (Lipinski definition) is 3. The van der Waals surface area contributed by atoms with Crippen LogP contribution in [0.3, 0.4) is 0 Å². The van der Waals surface area contributed by atoms with Crippen molar-refractivity contribution < 1.29 is 48.5 Å². The van der Waals surface area contributed by atoms with Crippen LogP contribution in [-0.2, 0) is 33.2 Å². The fourth-order valence-electron chi connectivity index (χ4n) is 13.1. The van der Waals surface area contributed by atoms with Crippen molar-refractivity contribution in [2.75, 3.05) is 20.8 Å². The van der Waals surface area contributed by atoms with E-state index in [1.807, 2.05) is 0 Å². The molecule has 6 aliphatic rings. The van der Waals surface area contributed by atoms with E-state index < -0.39 is 42.6 Å². The summed E-state index contributed by atoms with van der Waals surface area (Å²) in [5, 5.41) is 33.3. The summed E-state index contributed by atoms with van der Waals surface area (Å²) >= 11 is 0. The minimum Gasteiger partial charge on any atom is -0.457 e. The monoisotopic (exact) mass is 666 g/mol. The van der Waals surface area contributed by atoms with Crippen LogP contribution in [0.2, 0.25) is 0 Å². The summed E-state index contributed by atoms with van der Waals surface area (Å²) in [6.07, 6.45) is 4.86. The maximum atomic E-state index is 12.5. The van der Waals surface area contributed by atoms with Crippen LogP contribution < -0.4 is 0 Å². The predicted octanol–water partition coefficient (Wildman–Crippen LogP) is 4.80. The molecule has 270 valence electrons. The van der Waals surface area contributed by atoms with E-state index in [4.69, 9.17) is 28.4 Å². The average Bonchev–Trinajstić information content (AvgIpc) is 3.62. The molecule has 10 nitrogen and oxygen atoms in total. The second-order valence-electron chi connectivity index (χ2n) is 17.9. The molecule has 5 saturated carbocycles. The Morgan fingerprint density at radius 1 is 1.00 bits per heavy atom. The summed E-state index contributed by atoms with van der Waals surface area (Å²) in [6.45, 7) is 15.5. The molecule has 1 aliphatic heterocycles. The summed E-state index contributed by atoms with van der Waals surface area (Å²) in [5.41, 5.74) is -1.38. The van der Waals surface area contributed by atoms with Gasteiger partial charge < -0.3 is 43.7 Å². The lowest BCUT2D eigenvalue weighted by molar-refractivity contribution is -0.330. The fourth-order valence-corrected chi connectivity index (χ4v) is 13.1. The Morgan fingerprint density at radius 2 is 1.66 bits per heavy atom. The molecule has 3 N–H and O–H groups in total. The molecule has 0 bridgehead atoms. The SMILES string of the molecule is CO[C@@H](OC[C@H](O)OC)O[C@H]1CC[C@]23C[C@]24CC[C@]2(C)[C@@H]5[C@H](O[C@@H]([C@H](OC(C)=O)C(C)(C)O)C[C@H]5C)[C@H](O)[C@@]2(C)[C@@H]4CC[C@H]3C1(C)C. The Hall–Kier alpha value is -0.850. The molecular weight excluding hydrogens is 604 g/mol. The Labute approximate surface area is 281 Å². The number of carbonyl (C=O) groups excluding carboxylic acids is 1. The number of carbonyl (C=O) groups is 1. The van der Waals surface area contributed by atoms with Gasteiger partial charge in [-0.2, -0.15) is 0 Å². The smallest absolute Gasteiger partial charge is 0.303 e. The first kappa shape index (κ1) is 36.0. The second-order valence-corrected chi connectivity index (χ2v) is 17.9. The van der Waals surface area contributed by atoms with Gasteiger partial charge in [-0.3, -0.25) is 4.79 Å². The van der Waals surface area contributed by atoms with Crippen LogP contribution in [-0.4, -0.2) is 91.0 Å². The van der Waals surface area contributed by atoms with Crippen LogP contribution in [0.5, 0.6) is 0 Å². The maximum Gasteiger partial charge on any atom is 0.303 e. The van der Waals surface area contributed by atoms with Crippen LogP contribution in [0.4, 0.5) is 0 Å². The molecule has 1 heterocycles. The highest BCUT2D eigenvalue weighted by Gasteiger charge is 2.84. The van der Waals surface area contributed by atoms with Gasteiger partial charge in [-0.15, -0.1) is 0 Å². The lowest BCUT2D eigenvalue weighted by atomic mass is 9.41. The topological polar surface area (TPSA) is 133 Å². The van der Waals surface area contributed by atoms with Crippen LogP contribution in [0.25, 0.3) is 0 Å². The number of esters is 1. The van der Waals surface area contributed by atoms with Gasteiger partial charge >= 0.3 is 5.97 Å². The third-order valence-corrected chi connectivity index (χ3v) is 15.2. The highest BCUT2D eigenvalue weighted by atomic mass is 16.8. The van der Waals surface area contributed by atoms with Gasteiger partial charge in [-0.1, -0.05) is 34.6 Å². The normalized spacial score (nSPS) is 48.5. The lowest BCUT2D eigenvalue weighted by Crippen LogP contribution is -2.60. The van der Waals surface area contributed by atoms with E-state index in [0.29, 0.717) is 18.3 Å². The van der Waals surface area contributed by atoms with Crippen molar-refractivity contribution in [3.8, 4) is 0 Å². The molecule has 6 rings (SSSR count). The van der Waals surface area contributed by atoms with E-state index in [1.165, 1.54) is 26.9 Å². The van der Waals surface area contributed by atoms with Gasteiger partial charge in [0.1, 0.15) is 6.61 Å². The van der Waals surface area contributed by atoms with Gasteiger partial charge in [0, 0.05) is 26.6 Å². The molecule has 5 aliphatic carbocycles. The third-order valence-electron chi connectivity index (χ3n) is 15.2.